The van der Waals surface area contributed by atoms with E-state index in [0.29, 0.717) is 22.6 Å². The van der Waals surface area contributed by atoms with Crippen molar-refractivity contribution in [2.45, 2.75) is 44.6 Å². The van der Waals surface area contributed by atoms with Gasteiger partial charge in [0, 0.05) is 29.2 Å². The second kappa shape index (κ2) is 10.3. The Balaban J connectivity index is 1.37. The number of carbonyl (C=O) groups is 1. The van der Waals surface area contributed by atoms with Gasteiger partial charge in [0.2, 0.25) is 5.95 Å². The zero-order valence-electron chi connectivity index (χ0n) is 19.4. The lowest BCUT2D eigenvalue weighted by Gasteiger charge is -2.26. The monoisotopic (exact) mass is 479 g/mol. The fourth-order valence-corrected chi connectivity index (χ4v) is 4.95. The van der Waals surface area contributed by atoms with Crippen LogP contribution in [0.5, 0.6) is 0 Å². The van der Waals surface area contributed by atoms with Gasteiger partial charge < -0.3 is 5.32 Å². The maximum Gasteiger partial charge on any atom is 0.264 e. The van der Waals surface area contributed by atoms with Crippen LogP contribution in [0.3, 0.4) is 0 Å². The molecule has 1 saturated heterocycles. The molecule has 0 spiro atoms. The van der Waals surface area contributed by atoms with Gasteiger partial charge in [-0.2, -0.15) is 0 Å². The van der Waals surface area contributed by atoms with Gasteiger partial charge in [-0.3, -0.25) is 9.69 Å². The maximum absolute atomic E-state index is 12.7. The summed E-state index contributed by atoms with van der Waals surface area (Å²) in [6, 6.07) is 15.4. The number of hydrogen-bond acceptors (Lipinski definition) is 6. The average molecular weight is 480 g/mol. The van der Waals surface area contributed by atoms with E-state index in [0.717, 1.165) is 19.6 Å². The van der Waals surface area contributed by atoms with E-state index in [-0.39, 0.29) is 16.8 Å². The van der Waals surface area contributed by atoms with E-state index in [1.807, 2.05) is 24.3 Å². The van der Waals surface area contributed by atoms with Crippen molar-refractivity contribution in [1.29, 1.82) is 0 Å². The van der Waals surface area contributed by atoms with Crippen molar-refractivity contribution < 1.29 is 13.2 Å². The van der Waals surface area contributed by atoms with Gasteiger partial charge in [-0.25, -0.2) is 23.1 Å². The SMILES string of the molecule is Cc1cc(C)nc(NS(=O)(=O)c2ccc(NC(=O)c3ccc(CN4CCCCC4)cc3)cc2)n1. The minimum absolute atomic E-state index is 0.0265. The number of anilines is 2. The van der Waals surface area contributed by atoms with Crippen LogP contribution in [0.25, 0.3) is 0 Å². The second-order valence-electron chi connectivity index (χ2n) is 8.59. The Labute approximate surface area is 200 Å². The lowest BCUT2D eigenvalue weighted by Crippen LogP contribution is -2.29. The number of rotatable bonds is 7. The smallest absolute Gasteiger partial charge is 0.264 e. The number of aromatic nitrogens is 2. The van der Waals surface area contributed by atoms with Crippen LogP contribution in [0, 0.1) is 13.8 Å². The summed E-state index contributed by atoms with van der Waals surface area (Å²) in [6.07, 6.45) is 3.80. The van der Waals surface area contributed by atoms with Crippen molar-refractivity contribution in [2.75, 3.05) is 23.1 Å². The highest BCUT2D eigenvalue weighted by molar-refractivity contribution is 7.92. The van der Waals surface area contributed by atoms with E-state index < -0.39 is 10.0 Å². The Morgan fingerprint density at radius 1 is 0.912 bits per heavy atom. The van der Waals surface area contributed by atoms with Crippen molar-refractivity contribution in [2.24, 2.45) is 0 Å². The number of aryl methyl sites for hydroxylation is 2. The molecule has 34 heavy (non-hydrogen) atoms. The van der Waals surface area contributed by atoms with Crippen molar-refractivity contribution in [3.8, 4) is 0 Å². The molecule has 0 bridgehead atoms. The number of nitrogens with zero attached hydrogens (tertiary/aromatic N) is 3. The highest BCUT2D eigenvalue weighted by atomic mass is 32.2. The number of carbonyl (C=O) groups excluding carboxylic acids is 1. The number of amides is 1. The van der Waals surface area contributed by atoms with Crippen molar-refractivity contribution in [3.63, 3.8) is 0 Å². The molecule has 2 aromatic carbocycles. The number of benzene rings is 2. The topological polar surface area (TPSA) is 104 Å². The molecule has 1 aliphatic rings. The van der Waals surface area contributed by atoms with E-state index in [2.05, 4.69) is 24.9 Å². The van der Waals surface area contributed by atoms with Crippen molar-refractivity contribution >= 4 is 27.6 Å². The van der Waals surface area contributed by atoms with Gasteiger partial charge in [0.25, 0.3) is 15.9 Å². The highest BCUT2D eigenvalue weighted by Crippen LogP contribution is 2.18. The molecule has 8 nitrogen and oxygen atoms in total. The molecule has 9 heteroatoms. The summed E-state index contributed by atoms with van der Waals surface area (Å²) >= 11 is 0. The summed E-state index contributed by atoms with van der Waals surface area (Å²) in [5.74, 6) is -0.222. The number of hydrogen-bond donors (Lipinski definition) is 2. The number of piperidine rings is 1. The number of likely N-dealkylation sites (tertiary alicyclic amines) is 1. The third-order valence-corrected chi connectivity index (χ3v) is 7.05. The predicted octanol–water partition coefficient (Wildman–Crippen LogP) is 4.13. The summed E-state index contributed by atoms with van der Waals surface area (Å²) in [4.78, 5) is 23.4. The Kier molecular flexibility index (Phi) is 7.23. The Bertz CT molecular complexity index is 1230. The summed E-state index contributed by atoms with van der Waals surface area (Å²) in [6.45, 7) is 6.69. The van der Waals surface area contributed by atoms with Crippen molar-refractivity contribution in [1.82, 2.24) is 14.9 Å². The molecule has 2 heterocycles. The first kappa shape index (κ1) is 23.8. The van der Waals surface area contributed by atoms with Crippen LogP contribution in [0.4, 0.5) is 11.6 Å². The summed E-state index contributed by atoms with van der Waals surface area (Å²) < 4.78 is 27.7. The molecule has 2 N–H and O–H groups in total. The van der Waals surface area contributed by atoms with Gasteiger partial charge in [-0.05, 0) is 87.8 Å². The Morgan fingerprint density at radius 2 is 1.53 bits per heavy atom. The third-order valence-electron chi connectivity index (χ3n) is 5.70. The van der Waals surface area contributed by atoms with E-state index in [9.17, 15) is 13.2 Å². The highest BCUT2D eigenvalue weighted by Gasteiger charge is 2.17. The lowest BCUT2D eigenvalue weighted by atomic mass is 10.1. The summed E-state index contributed by atoms with van der Waals surface area (Å²) in [5.41, 5.74) is 3.58. The molecule has 3 aromatic rings. The van der Waals surface area contributed by atoms with E-state index in [4.69, 9.17) is 0 Å². The van der Waals surface area contributed by atoms with Gasteiger partial charge in [-0.15, -0.1) is 0 Å². The molecule has 1 aliphatic heterocycles. The largest absolute Gasteiger partial charge is 0.322 e. The average Bonchev–Trinajstić information content (AvgIpc) is 2.79. The first-order valence-electron chi connectivity index (χ1n) is 11.4. The molecule has 1 amide bonds. The molecule has 0 unspecified atom stereocenters. The van der Waals surface area contributed by atoms with Gasteiger partial charge in [0.15, 0.2) is 0 Å². The number of nitrogens with one attached hydrogen (secondary N) is 2. The molecule has 0 saturated carbocycles. The molecular weight excluding hydrogens is 450 g/mol. The minimum atomic E-state index is -3.85. The van der Waals surface area contributed by atoms with Crippen LogP contribution in [0.15, 0.2) is 59.5 Å². The zero-order chi connectivity index (χ0) is 24.1. The van der Waals surface area contributed by atoms with Crippen LogP contribution < -0.4 is 10.0 Å². The molecule has 1 fully saturated rings. The van der Waals surface area contributed by atoms with Gasteiger partial charge in [0.1, 0.15) is 0 Å². The summed E-state index contributed by atoms with van der Waals surface area (Å²) in [7, 11) is -3.85. The van der Waals surface area contributed by atoms with Gasteiger partial charge >= 0.3 is 0 Å². The normalized spacial score (nSPS) is 14.5. The molecule has 4 rings (SSSR count). The first-order chi connectivity index (χ1) is 16.3. The van der Waals surface area contributed by atoms with Gasteiger partial charge in [-0.1, -0.05) is 18.6 Å². The molecule has 1 aromatic heterocycles. The minimum Gasteiger partial charge on any atom is -0.322 e. The quantitative estimate of drug-likeness (QED) is 0.528. The van der Waals surface area contributed by atoms with Crippen LogP contribution in [-0.2, 0) is 16.6 Å². The van der Waals surface area contributed by atoms with Crippen molar-refractivity contribution in [3.05, 3.63) is 77.1 Å². The number of sulfonamides is 1. The fourth-order valence-electron chi connectivity index (χ4n) is 4.01. The summed E-state index contributed by atoms with van der Waals surface area (Å²) in [5, 5.41) is 2.81. The van der Waals surface area contributed by atoms with E-state index in [1.54, 1.807) is 32.0 Å². The lowest BCUT2D eigenvalue weighted by molar-refractivity contribution is 0.102. The van der Waals surface area contributed by atoms with E-state index in [1.165, 1.54) is 37.0 Å². The van der Waals surface area contributed by atoms with Crippen LogP contribution >= 0.6 is 0 Å². The molecule has 178 valence electrons. The van der Waals surface area contributed by atoms with Crippen LogP contribution in [-0.4, -0.2) is 42.3 Å². The molecule has 0 atom stereocenters. The maximum atomic E-state index is 12.7. The Hall–Kier alpha value is -3.30. The van der Waals surface area contributed by atoms with E-state index >= 15 is 0 Å². The second-order valence-corrected chi connectivity index (χ2v) is 10.3. The first-order valence-corrected chi connectivity index (χ1v) is 12.8. The Morgan fingerprint density at radius 3 is 2.15 bits per heavy atom. The molecule has 0 aliphatic carbocycles. The third kappa shape index (κ3) is 6.18. The standard InChI is InChI=1S/C25H29N5O3S/c1-18-16-19(2)27-25(26-18)29-34(32,33)23-12-10-22(11-13-23)28-24(31)21-8-6-20(7-9-21)17-30-14-4-3-5-15-30/h6-13,16H,3-5,14-15,17H2,1-2H3,(H,28,31)(H,26,27,29). The zero-order valence-corrected chi connectivity index (χ0v) is 20.2. The van der Waals surface area contributed by atoms with Crippen LogP contribution in [0.2, 0.25) is 0 Å². The molecular formula is C25H29N5O3S. The molecule has 0 radical (unpaired) electrons. The fraction of sp³-hybridized carbons (Fsp3) is 0.320. The van der Waals surface area contributed by atoms with Gasteiger partial charge in [0.05, 0.1) is 4.90 Å². The predicted molar refractivity (Wildman–Crippen MR) is 132 cm³/mol. The van der Waals surface area contributed by atoms with Crippen LogP contribution in [0.1, 0.15) is 46.6 Å².